The minimum atomic E-state index is -0.558. The van der Waals surface area contributed by atoms with Crippen LogP contribution in [0.15, 0.2) is 0 Å². The highest BCUT2D eigenvalue weighted by molar-refractivity contribution is 5.68. The van der Waals surface area contributed by atoms with Gasteiger partial charge in [0.25, 0.3) is 0 Å². The zero-order chi connectivity index (χ0) is 16.7. The second-order valence-electron chi connectivity index (χ2n) is 6.80. The van der Waals surface area contributed by atoms with Gasteiger partial charge in [0.1, 0.15) is 11.2 Å². The lowest BCUT2D eigenvalue weighted by Crippen LogP contribution is -2.45. The molecule has 0 aliphatic heterocycles. The molecule has 21 heavy (non-hydrogen) atoms. The molecule has 4 N–H and O–H groups in total. The average molecular weight is 303 g/mol. The topological polar surface area (TPSA) is 103 Å². The van der Waals surface area contributed by atoms with Gasteiger partial charge in [-0.1, -0.05) is 0 Å². The molecule has 0 saturated carbocycles. The Balaban J connectivity index is 4.06. The molecule has 0 aliphatic carbocycles. The first kappa shape index (κ1) is 19.5. The number of carbonyl (C=O) groups is 2. The maximum atomic E-state index is 11.6. The smallest absolute Gasteiger partial charge is 0.407 e. The molecule has 124 valence electrons. The highest BCUT2D eigenvalue weighted by Crippen LogP contribution is 2.07. The second kappa shape index (κ2) is 8.07. The van der Waals surface area contributed by atoms with Crippen molar-refractivity contribution in [2.24, 2.45) is 5.73 Å². The Kier molecular flexibility index (Phi) is 7.49. The predicted molar refractivity (Wildman–Crippen MR) is 81.1 cm³/mol. The molecule has 0 aromatic rings. The molecule has 1 atom stereocenters. The monoisotopic (exact) mass is 303 g/mol. The summed E-state index contributed by atoms with van der Waals surface area (Å²) < 4.78 is 10.3. The van der Waals surface area contributed by atoms with Crippen molar-refractivity contribution >= 4 is 12.2 Å². The van der Waals surface area contributed by atoms with E-state index in [0.717, 1.165) is 0 Å². The van der Waals surface area contributed by atoms with Gasteiger partial charge in [-0.15, -0.1) is 0 Å². The number of alkyl carbamates (subject to hydrolysis) is 2. The molecule has 0 radical (unpaired) electrons. The normalized spacial score (nSPS) is 13.3. The summed E-state index contributed by atoms with van der Waals surface area (Å²) in [6.45, 7) is 11.3. The number of hydrogen-bond acceptors (Lipinski definition) is 5. The fraction of sp³-hybridized carbons (Fsp3) is 0.857. The number of amides is 2. The lowest BCUT2D eigenvalue weighted by Gasteiger charge is -2.23. The zero-order valence-electron chi connectivity index (χ0n) is 13.9. The number of nitrogens with two attached hydrogens (primary N) is 1. The van der Waals surface area contributed by atoms with Gasteiger partial charge in [0.15, 0.2) is 0 Å². The van der Waals surface area contributed by atoms with Crippen LogP contribution in [0.5, 0.6) is 0 Å². The number of ether oxygens (including phenoxy) is 2. The van der Waals surface area contributed by atoms with E-state index >= 15 is 0 Å². The van der Waals surface area contributed by atoms with Crippen molar-refractivity contribution in [1.82, 2.24) is 10.6 Å². The van der Waals surface area contributed by atoms with E-state index in [1.807, 2.05) is 0 Å². The third kappa shape index (κ3) is 12.0. The Bertz CT molecular complexity index is 345. The summed E-state index contributed by atoms with van der Waals surface area (Å²) in [5, 5.41) is 5.28. The van der Waals surface area contributed by atoms with Crippen molar-refractivity contribution in [3.63, 3.8) is 0 Å². The molecule has 0 aliphatic rings. The first-order valence-electron chi connectivity index (χ1n) is 7.09. The van der Waals surface area contributed by atoms with Crippen LogP contribution in [0.25, 0.3) is 0 Å². The molecule has 0 rings (SSSR count). The van der Waals surface area contributed by atoms with Crippen LogP contribution in [0.2, 0.25) is 0 Å². The summed E-state index contributed by atoms with van der Waals surface area (Å²) in [5.41, 5.74) is 4.50. The van der Waals surface area contributed by atoms with Crippen molar-refractivity contribution in [3.8, 4) is 0 Å². The third-order valence-electron chi connectivity index (χ3n) is 2.17. The van der Waals surface area contributed by atoms with Gasteiger partial charge in [0, 0.05) is 19.1 Å². The quantitative estimate of drug-likeness (QED) is 0.718. The summed E-state index contributed by atoms with van der Waals surface area (Å²) >= 11 is 0. The first-order chi connectivity index (χ1) is 9.43. The largest absolute Gasteiger partial charge is 0.444 e. The lowest BCUT2D eigenvalue weighted by molar-refractivity contribution is 0.0501. The number of nitrogens with one attached hydrogen (secondary N) is 2. The minimum Gasteiger partial charge on any atom is -0.444 e. The molecule has 0 spiro atoms. The van der Waals surface area contributed by atoms with Crippen LogP contribution >= 0.6 is 0 Å². The van der Waals surface area contributed by atoms with Crippen molar-refractivity contribution < 1.29 is 19.1 Å². The summed E-state index contributed by atoms with van der Waals surface area (Å²) in [4.78, 5) is 23.1. The van der Waals surface area contributed by atoms with E-state index in [4.69, 9.17) is 15.2 Å². The van der Waals surface area contributed by atoms with E-state index in [0.29, 0.717) is 13.0 Å². The molecule has 0 saturated heterocycles. The number of carbonyl (C=O) groups excluding carboxylic acids is 2. The maximum Gasteiger partial charge on any atom is 0.407 e. The molecule has 2 amide bonds. The van der Waals surface area contributed by atoms with Crippen molar-refractivity contribution in [2.45, 2.75) is 65.2 Å². The summed E-state index contributed by atoms with van der Waals surface area (Å²) in [6, 6.07) is -0.269. The third-order valence-corrected chi connectivity index (χ3v) is 2.17. The second-order valence-corrected chi connectivity index (χ2v) is 6.80. The summed E-state index contributed by atoms with van der Waals surface area (Å²) in [5.74, 6) is 0. The van der Waals surface area contributed by atoms with Gasteiger partial charge in [0.2, 0.25) is 0 Å². The molecule has 7 nitrogen and oxygen atoms in total. The van der Waals surface area contributed by atoms with Gasteiger partial charge in [-0.25, -0.2) is 9.59 Å². The molecule has 0 fully saturated rings. The van der Waals surface area contributed by atoms with E-state index in [-0.39, 0.29) is 12.6 Å². The Morgan fingerprint density at radius 3 is 1.90 bits per heavy atom. The lowest BCUT2D eigenvalue weighted by atomic mass is 10.2. The molecule has 1 unspecified atom stereocenters. The van der Waals surface area contributed by atoms with Crippen LogP contribution in [0.4, 0.5) is 9.59 Å². The highest BCUT2D eigenvalue weighted by atomic mass is 16.6. The Hall–Kier alpha value is -1.50. The zero-order valence-corrected chi connectivity index (χ0v) is 13.9. The van der Waals surface area contributed by atoms with Crippen molar-refractivity contribution in [2.75, 3.05) is 13.1 Å². The molecule has 0 aromatic heterocycles. The standard InChI is InChI=1S/C14H29N3O4/c1-13(2,3)20-11(18)16-8-7-10(9-15)17-12(19)21-14(4,5)6/h10H,7-9,15H2,1-6H3,(H,16,18)(H,17,19). The van der Waals surface area contributed by atoms with Crippen LogP contribution in [0, 0.1) is 0 Å². The fourth-order valence-electron chi connectivity index (χ4n) is 1.39. The summed E-state index contributed by atoms with van der Waals surface area (Å²) in [7, 11) is 0. The fourth-order valence-corrected chi connectivity index (χ4v) is 1.39. The van der Waals surface area contributed by atoms with Gasteiger partial charge in [-0.05, 0) is 48.0 Å². The highest BCUT2D eigenvalue weighted by Gasteiger charge is 2.19. The van der Waals surface area contributed by atoms with E-state index in [1.165, 1.54) is 0 Å². The van der Waals surface area contributed by atoms with Crippen LogP contribution in [-0.2, 0) is 9.47 Å². The van der Waals surface area contributed by atoms with Gasteiger partial charge >= 0.3 is 12.2 Å². The first-order valence-corrected chi connectivity index (χ1v) is 7.09. The summed E-state index contributed by atoms with van der Waals surface area (Å²) in [6.07, 6.45) is -0.514. The molecule has 0 heterocycles. The molecule has 0 bridgehead atoms. The molecular weight excluding hydrogens is 274 g/mol. The van der Waals surface area contributed by atoms with Gasteiger partial charge < -0.3 is 25.8 Å². The van der Waals surface area contributed by atoms with Crippen LogP contribution in [0.1, 0.15) is 48.0 Å². The van der Waals surface area contributed by atoms with Crippen molar-refractivity contribution in [1.29, 1.82) is 0 Å². The SMILES string of the molecule is CC(C)(C)OC(=O)NCCC(CN)NC(=O)OC(C)(C)C. The van der Waals surface area contributed by atoms with Crippen molar-refractivity contribution in [3.05, 3.63) is 0 Å². The molecular formula is C14H29N3O4. The number of hydrogen-bond donors (Lipinski definition) is 3. The Morgan fingerprint density at radius 2 is 1.48 bits per heavy atom. The molecule has 7 heteroatoms. The predicted octanol–water partition coefficient (Wildman–Crippen LogP) is 1.75. The average Bonchev–Trinajstić information content (AvgIpc) is 2.22. The van der Waals surface area contributed by atoms with E-state index in [2.05, 4.69) is 10.6 Å². The van der Waals surface area contributed by atoms with Crippen LogP contribution in [0.3, 0.4) is 0 Å². The van der Waals surface area contributed by atoms with E-state index in [1.54, 1.807) is 41.5 Å². The number of rotatable bonds is 5. The molecule has 0 aromatic carbocycles. The van der Waals surface area contributed by atoms with Crippen LogP contribution in [-0.4, -0.2) is 42.5 Å². The maximum absolute atomic E-state index is 11.6. The van der Waals surface area contributed by atoms with Gasteiger partial charge in [-0.2, -0.15) is 0 Å². The Labute approximate surface area is 126 Å². The van der Waals surface area contributed by atoms with E-state index in [9.17, 15) is 9.59 Å². The Morgan fingerprint density at radius 1 is 1.00 bits per heavy atom. The van der Waals surface area contributed by atoms with E-state index < -0.39 is 23.4 Å². The van der Waals surface area contributed by atoms with Gasteiger partial charge in [-0.3, -0.25) is 0 Å². The minimum absolute atomic E-state index is 0.259. The van der Waals surface area contributed by atoms with Crippen LogP contribution < -0.4 is 16.4 Å². The van der Waals surface area contributed by atoms with Gasteiger partial charge in [0.05, 0.1) is 0 Å².